The molecule has 0 aromatic carbocycles. The van der Waals surface area contributed by atoms with Crippen molar-refractivity contribution in [2.24, 2.45) is 5.73 Å². The second-order valence-corrected chi connectivity index (χ2v) is 5.17. The quantitative estimate of drug-likeness (QED) is 0.631. The number of rotatable bonds is 6. The summed E-state index contributed by atoms with van der Waals surface area (Å²) in [6.45, 7) is 8.82. The molecule has 2 rings (SSSR count). The van der Waals surface area contributed by atoms with Crippen LogP contribution in [0, 0.1) is 5.41 Å². The van der Waals surface area contributed by atoms with Gasteiger partial charge in [0.05, 0.1) is 12.1 Å². The van der Waals surface area contributed by atoms with Crippen LogP contribution in [0.2, 0.25) is 0 Å². The molecule has 4 heteroatoms. The molecule has 0 spiro atoms. The lowest BCUT2D eigenvalue weighted by Crippen LogP contribution is -2.28. The highest BCUT2D eigenvalue weighted by Crippen LogP contribution is 2.08. The van der Waals surface area contributed by atoms with Crippen LogP contribution in [0.15, 0.2) is 41.2 Å². The van der Waals surface area contributed by atoms with Crippen LogP contribution >= 0.6 is 0 Å². The fourth-order valence-corrected chi connectivity index (χ4v) is 2.27. The van der Waals surface area contributed by atoms with E-state index in [0.717, 1.165) is 24.0 Å². The third-order valence-electron chi connectivity index (χ3n) is 3.49. The van der Waals surface area contributed by atoms with Gasteiger partial charge in [-0.2, -0.15) is 0 Å². The van der Waals surface area contributed by atoms with E-state index in [9.17, 15) is 0 Å². The van der Waals surface area contributed by atoms with Gasteiger partial charge in [0, 0.05) is 11.5 Å². The molecule has 0 unspecified atom stereocenters. The first kappa shape index (κ1) is 19.6. The molecule has 0 saturated carbocycles. The zero-order valence-electron chi connectivity index (χ0n) is 15.2. The Morgan fingerprint density at radius 1 is 1.38 bits per heavy atom. The summed E-state index contributed by atoms with van der Waals surface area (Å²) in [4.78, 5) is 0. The smallest absolute Gasteiger partial charge is 0.126 e. The monoisotopic (exact) mass is 327 g/mol. The molecule has 130 valence electrons. The van der Waals surface area contributed by atoms with E-state index in [-0.39, 0.29) is 5.84 Å². The summed E-state index contributed by atoms with van der Waals surface area (Å²) in [7, 11) is 0. The molecule has 0 aliphatic rings. The van der Waals surface area contributed by atoms with Gasteiger partial charge in [-0.3, -0.25) is 5.41 Å². The maximum Gasteiger partial charge on any atom is 0.126 e. The lowest BCUT2D eigenvalue weighted by atomic mass is 10.3. The number of allylic oxidation sites excluding steroid dienone is 2. The molecule has 0 aliphatic heterocycles. The largest absolute Gasteiger partial charge is 0.467 e. The number of amidine groups is 1. The van der Waals surface area contributed by atoms with Gasteiger partial charge in [-0.05, 0) is 36.8 Å². The first-order chi connectivity index (χ1) is 11.7. The molecule has 2 aromatic rings. The Balaban J connectivity index is 0.00000139. The number of furan rings is 1. The van der Waals surface area contributed by atoms with Gasteiger partial charge in [-0.15, -0.1) is 0 Å². The fourth-order valence-electron chi connectivity index (χ4n) is 2.27. The predicted molar refractivity (Wildman–Crippen MR) is 103 cm³/mol. The fraction of sp³-hybridized carbons (Fsp3) is 0.350. The summed E-state index contributed by atoms with van der Waals surface area (Å²) in [6.07, 6.45) is 14.3. The summed E-state index contributed by atoms with van der Waals surface area (Å²) in [5, 5.41) is 9.77. The number of aromatic nitrogens is 1. The lowest BCUT2D eigenvalue weighted by molar-refractivity contribution is 0.491. The molecule has 0 aliphatic carbocycles. The van der Waals surface area contributed by atoms with E-state index in [1.54, 1.807) is 0 Å². The van der Waals surface area contributed by atoms with Crippen molar-refractivity contribution in [3.05, 3.63) is 58.6 Å². The number of nitrogen functional groups attached to an aromatic ring is 1. The molecule has 4 nitrogen and oxygen atoms in total. The Morgan fingerprint density at radius 2 is 2.12 bits per heavy atom. The van der Waals surface area contributed by atoms with Gasteiger partial charge in [0.1, 0.15) is 17.9 Å². The van der Waals surface area contributed by atoms with Crippen molar-refractivity contribution in [3.63, 3.8) is 0 Å². The summed E-state index contributed by atoms with van der Waals surface area (Å²) in [6, 6.07) is 3.91. The van der Waals surface area contributed by atoms with Crippen LogP contribution < -0.4 is 16.3 Å². The van der Waals surface area contributed by atoms with Crippen LogP contribution in [0.3, 0.4) is 0 Å². The standard InChI is InChI=1S/C18H23N3O.C2H6/c1-3-5-6-7-8-17-14(4-2)9-10-21(17)12-16-11-15(13-22-16)18(19)20;1-2/h4,6-11,13H,3,5,12H2,1-2H3,(H3,19,20);1-2H3/b7-6-,14-4-,17-8+;. The van der Waals surface area contributed by atoms with Crippen molar-refractivity contribution in [3.8, 4) is 0 Å². The Kier molecular flexibility index (Phi) is 8.41. The molecule has 24 heavy (non-hydrogen) atoms. The van der Waals surface area contributed by atoms with Crippen LogP contribution in [0.25, 0.3) is 12.2 Å². The summed E-state index contributed by atoms with van der Waals surface area (Å²) in [5.41, 5.74) is 6.09. The number of unbranched alkanes of at least 4 members (excludes halogenated alkanes) is 1. The van der Waals surface area contributed by atoms with Crippen molar-refractivity contribution in [2.45, 2.75) is 47.1 Å². The minimum atomic E-state index is 0.0272. The van der Waals surface area contributed by atoms with E-state index in [4.69, 9.17) is 15.6 Å². The van der Waals surface area contributed by atoms with E-state index < -0.39 is 0 Å². The van der Waals surface area contributed by atoms with Crippen molar-refractivity contribution >= 4 is 18.0 Å². The van der Waals surface area contributed by atoms with E-state index >= 15 is 0 Å². The maximum absolute atomic E-state index is 7.43. The van der Waals surface area contributed by atoms with Crippen LogP contribution in [0.1, 0.15) is 51.9 Å². The minimum Gasteiger partial charge on any atom is -0.467 e. The maximum atomic E-state index is 7.43. The van der Waals surface area contributed by atoms with Gasteiger partial charge in [-0.25, -0.2) is 0 Å². The Hall–Kier alpha value is -2.49. The molecular formula is C20H29N3O. The number of nitrogens with two attached hydrogens (primary N) is 1. The topological polar surface area (TPSA) is 67.9 Å². The Morgan fingerprint density at radius 3 is 2.71 bits per heavy atom. The second kappa shape index (κ2) is 10.3. The van der Waals surface area contributed by atoms with E-state index in [1.165, 1.54) is 11.5 Å². The zero-order chi connectivity index (χ0) is 17.9. The van der Waals surface area contributed by atoms with Crippen LogP contribution in [-0.4, -0.2) is 10.4 Å². The molecule has 3 N–H and O–H groups in total. The number of hydrogen-bond acceptors (Lipinski definition) is 2. The summed E-state index contributed by atoms with van der Waals surface area (Å²) < 4.78 is 7.62. The normalized spacial score (nSPS) is 12.5. The summed E-state index contributed by atoms with van der Waals surface area (Å²) in [5.74, 6) is 0.815. The van der Waals surface area contributed by atoms with Crippen molar-refractivity contribution in [2.75, 3.05) is 0 Å². The average molecular weight is 327 g/mol. The molecule has 0 radical (unpaired) electrons. The van der Waals surface area contributed by atoms with Gasteiger partial charge >= 0.3 is 0 Å². The van der Waals surface area contributed by atoms with Gasteiger partial charge in [-0.1, -0.05) is 45.4 Å². The van der Waals surface area contributed by atoms with E-state index in [1.807, 2.05) is 33.0 Å². The number of hydrogen-bond donors (Lipinski definition) is 2. The summed E-state index contributed by atoms with van der Waals surface area (Å²) >= 11 is 0. The molecule has 0 fully saturated rings. The zero-order valence-corrected chi connectivity index (χ0v) is 15.2. The first-order valence-corrected chi connectivity index (χ1v) is 8.55. The highest BCUT2D eigenvalue weighted by atomic mass is 16.3. The molecule has 0 bridgehead atoms. The molecular weight excluding hydrogens is 298 g/mol. The van der Waals surface area contributed by atoms with Crippen LogP contribution in [0.5, 0.6) is 0 Å². The first-order valence-electron chi connectivity index (χ1n) is 8.55. The molecule has 2 aromatic heterocycles. The lowest BCUT2D eigenvalue weighted by Gasteiger charge is -2.00. The SMILES string of the molecule is C/C=c1/ccn(Cc2cc(C(=N)N)co2)/c1=C/C=C\CCC.CC. The highest BCUT2D eigenvalue weighted by Gasteiger charge is 2.05. The molecule has 0 saturated heterocycles. The molecule has 0 amide bonds. The number of nitrogens with zero attached hydrogens (tertiary/aromatic N) is 1. The van der Waals surface area contributed by atoms with Crippen LogP contribution in [-0.2, 0) is 6.54 Å². The third-order valence-corrected chi connectivity index (χ3v) is 3.49. The van der Waals surface area contributed by atoms with Crippen molar-refractivity contribution < 1.29 is 4.42 Å². The minimum absolute atomic E-state index is 0.0272. The molecule has 0 atom stereocenters. The third kappa shape index (κ3) is 5.30. The van der Waals surface area contributed by atoms with Crippen molar-refractivity contribution in [1.29, 1.82) is 5.41 Å². The molecule has 2 heterocycles. The second-order valence-electron chi connectivity index (χ2n) is 5.17. The Labute approximate surface area is 144 Å². The van der Waals surface area contributed by atoms with Crippen molar-refractivity contribution in [1.82, 2.24) is 4.57 Å². The average Bonchev–Trinajstić information content (AvgIpc) is 3.21. The van der Waals surface area contributed by atoms with Gasteiger partial charge < -0.3 is 14.7 Å². The number of nitrogens with one attached hydrogen (secondary N) is 1. The van der Waals surface area contributed by atoms with E-state index in [0.29, 0.717) is 12.1 Å². The van der Waals surface area contributed by atoms with Crippen LogP contribution in [0.4, 0.5) is 0 Å². The van der Waals surface area contributed by atoms with Gasteiger partial charge in [0.25, 0.3) is 0 Å². The van der Waals surface area contributed by atoms with E-state index in [2.05, 4.69) is 41.9 Å². The van der Waals surface area contributed by atoms with Gasteiger partial charge in [0.15, 0.2) is 0 Å². The predicted octanol–water partition coefficient (Wildman–Crippen LogP) is 3.38. The van der Waals surface area contributed by atoms with Gasteiger partial charge in [0.2, 0.25) is 0 Å². The Bertz CT molecular complexity index is 778. The highest BCUT2D eigenvalue weighted by molar-refractivity contribution is 5.94.